The van der Waals surface area contributed by atoms with Crippen LogP contribution in [0.4, 0.5) is 17.3 Å². The lowest BCUT2D eigenvalue weighted by molar-refractivity contribution is -0.113. The van der Waals surface area contributed by atoms with E-state index < -0.39 is 11.5 Å². The smallest absolute Gasteiger partial charge is 0.277 e. The SMILES string of the molecule is COc1cc(C(=O)Nc2c(N)nc(SCC(=O)Nc3ccsn3)[nH]c2=O)ccc1O. The van der Waals surface area contributed by atoms with Crippen LogP contribution in [0.15, 0.2) is 39.6 Å². The molecule has 0 fully saturated rings. The van der Waals surface area contributed by atoms with Gasteiger partial charge < -0.3 is 26.2 Å². The fraction of sp³-hybridized carbons (Fsp3) is 0.118. The van der Waals surface area contributed by atoms with Gasteiger partial charge in [-0.1, -0.05) is 11.8 Å². The molecule has 0 aliphatic heterocycles. The van der Waals surface area contributed by atoms with Crippen LogP contribution in [0.5, 0.6) is 11.5 Å². The summed E-state index contributed by atoms with van der Waals surface area (Å²) in [5.74, 6) is -0.797. The van der Waals surface area contributed by atoms with Gasteiger partial charge >= 0.3 is 0 Å². The van der Waals surface area contributed by atoms with Crippen LogP contribution in [-0.2, 0) is 4.79 Å². The van der Waals surface area contributed by atoms with Gasteiger partial charge in [-0.25, -0.2) is 4.98 Å². The van der Waals surface area contributed by atoms with Crippen LogP contribution in [0.1, 0.15) is 10.4 Å². The topological polar surface area (TPSA) is 172 Å². The second-order valence-electron chi connectivity index (χ2n) is 5.69. The summed E-state index contributed by atoms with van der Waals surface area (Å²) in [6.07, 6.45) is 0. The first-order chi connectivity index (χ1) is 14.4. The molecule has 13 heteroatoms. The highest BCUT2D eigenvalue weighted by Gasteiger charge is 2.16. The number of H-pyrrole nitrogens is 1. The summed E-state index contributed by atoms with van der Waals surface area (Å²) in [5, 5.41) is 16.4. The molecule has 3 aromatic rings. The van der Waals surface area contributed by atoms with Crippen LogP contribution >= 0.6 is 23.3 Å². The fourth-order valence-corrected chi connectivity index (χ4v) is 3.39. The molecule has 0 spiro atoms. The van der Waals surface area contributed by atoms with Gasteiger partial charge in [-0.05, 0) is 35.8 Å². The van der Waals surface area contributed by atoms with Crippen molar-refractivity contribution >= 4 is 52.4 Å². The third-order valence-electron chi connectivity index (χ3n) is 3.65. The van der Waals surface area contributed by atoms with Gasteiger partial charge in [0.05, 0.1) is 12.9 Å². The molecule has 0 saturated heterocycles. The predicted molar refractivity (Wildman–Crippen MR) is 113 cm³/mol. The number of aromatic hydroxyl groups is 1. The number of aromatic amines is 1. The first-order valence-electron chi connectivity index (χ1n) is 8.28. The van der Waals surface area contributed by atoms with Gasteiger partial charge in [0, 0.05) is 10.9 Å². The Morgan fingerprint density at radius 1 is 1.33 bits per heavy atom. The number of thioether (sulfide) groups is 1. The summed E-state index contributed by atoms with van der Waals surface area (Å²) in [4.78, 5) is 43.1. The monoisotopic (exact) mass is 448 g/mol. The molecule has 0 unspecified atom stereocenters. The average Bonchev–Trinajstić information content (AvgIpc) is 3.22. The highest BCUT2D eigenvalue weighted by atomic mass is 32.2. The van der Waals surface area contributed by atoms with Gasteiger partial charge in [0.15, 0.2) is 22.5 Å². The van der Waals surface area contributed by atoms with E-state index in [1.54, 1.807) is 11.4 Å². The Morgan fingerprint density at radius 3 is 2.80 bits per heavy atom. The van der Waals surface area contributed by atoms with Crippen LogP contribution in [0.2, 0.25) is 0 Å². The van der Waals surface area contributed by atoms with E-state index in [1.807, 2.05) is 0 Å². The fourth-order valence-electron chi connectivity index (χ4n) is 2.25. The van der Waals surface area contributed by atoms with Crippen LogP contribution in [0.25, 0.3) is 0 Å². The Bertz CT molecular complexity index is 1130. The van der Waals surface area contributed by atoms with Crippen molar-refractivity contribution in [3.8, 4) is 11.5 Å². The zero-order valence-corrected chi connectivity index (χ0v) is 17.1. The molecule has 2 aromatic heterocycles. The van der Waals surface area contributed by atoms with Crippen molar-refractivity contribution in [1.29, 1.82) is 0 Å². The molecule has 0 saturated carbocycles. The number of aromatic nitrogens is 3. The number of nitrogens with one attached hydrogen (secondary N) is 3. The molecule has 6 N–H and O–H groups in total. The van der Waals surface area contributed by atoms with E-state index in [-0.39, 0.29) is 45.4 Å². The van der Waals surface area contributed by atoms with Gasteiger partial charge in [-0.2, -0.15) is 4.37 Å². The largest absolute Gasteiger partial charge is 0.504 e. The molecule has 0 radical (unpaired) electrons. The van der Waals surface area contributed by atoms with Gasteiger partial charge in [0.2, 0.25) is 5.91 Å². The molecule has 3 rings (SSSR count). The highest BCUT2D eigenvalue weighted by molar-refractivity contribution is 7.99. The number of ether oxygens (including phenoxy) is 1. The van der Waals surface area contributed by atoms with Crippen molar-refractivity contribution < 1.29 is 19.4 Å². The maximum Gasteiger partial charge on any atom is 0.277 e. The lowest BCUT2D eigenvalue weighted by Crippen LogP contribution is -2.23. The molecular weight excluding hydrogens is 432 g/mol. The Kier molecular flexibility index (Phi) is 6.54. The molecule has 30 heavy (non-hydrogen) atoms. The number of anilines is 3. The summed E-state index contributed by atoms with van der Waals surface area (Å²) in [5.41, 5.74) is 5.04. The molecule has 0 bridgehead atoms. The highest BCUT2D eigenvalue weighted by Crippen LogP contribution is 2.26. The second kappa shape index (κ2) is 9.28. The van der Waals surface area contributed by atoms with Crippen molar-refractivity contribution in [2.24, 2.45) is 0 Å². The summed E-state index contributed by atoms with van der Waals surface area (Å²) in [7, 11) is 1.34. The molecule has 11 nitrogen and oxygen atoms in total. The average molecular weight is 448 g/mol. The van der Waals surface area contributed by atoms with Gasteiger partial charge in [0.1, 0.15) is 11.5 Å². The standard InChI is InChI=1S/C17H16N6O5S2/c1-28-10-6-8(2-3-9(10)24)15(26)20-13-14(18)21-17(22-16(13)27)29-7-12(25)19-11-4-5-30-23-11/h2-6,24H,7H2,1H3,(H,20,26)(H,19,23,25)(H3,18,21,22,27). The Morgan fingerprint density at radius 2 is 2.13 bits per heavy atom. The van der Waals surface area contributed by atoms with Crippen LogP contribution in [0, 0.1) is 0 Å². The summed E-state index contributed by atoms with van der Waals surface area (Å²) in [6, 6.07) is 5.62. The summed E-state index contributed by atoms with van der Waals surface area (Å²) >= 11 is 2.17. The number of nitrogens with zero attached hydrogens (tertiary/aromatic N) is 2. The predicted octanol–water partition coefficient (Wildman–Crippen LogP) is 1.51. The van der Waals surface area contributed by atoms with Crippen LogP contribution in [-0.4, -0.2) is 44.1 Å². The number of carbonyl (C=O) groups excluding carboxylic acids is 2. The first kappa shape index (κ1) is 21.1. The molecule has 0 aliphatic carbocycles. The number of hydrogen-bond acceptors (Lipinski definition) is 10. The number of carbonyl (C=O) groups is 2. The minimum absolute atomic E-state index is 0.0289. The quantitative estimate of drug-likeness (QED) is 0.265. The van der Waals surface area contributed by atoms with E-state index in [0.29, 0.717) is 5.82 Å². The number of nitrogen functional groups attached to an aromatic ring is 1. The first-order valence-corrected chi connectivity index (χ1v) is 10.1. The van der Waals surface area contributed by atoms with E-state index in [2.05, 4.69) is 25.0 Å². The zero-order chi connectivity index (χ0) is 21.7. The van der Waals surface area contributed by atoms with Gasteiger partial charge in [0.25, 0.3) is 11.5 Å². The molecular formula is C17H16N6O5S2. The molecule has 156 valence electrons. The number of benzene rings is 1. The summed E-state index contributed by atoms with van der Waals surface area (Å²) in [6.45, 7) is 0. The number of nitrogens with two attached hydrogens (primary N) is 1. The van der Waals surface area contributed by atoms with E-state index in [4.69, 9.17) is 10.5 Å². The van der Waals surface area contributed by atoms with Crippen molar-refractivity contribution in [2.75, 3.05) is 29.2 Å². The number of phenolic OH excluding ortho intramolecular Hbond substituents is 1. The summed E-state index contributed by atoms with van der Waals surface area (Å²) < 4.78 is 8.92. The lowest BCUT2D eigenvalue weighted by Gasteiger charge is -2.10. The van der Waals surface area contributed by atoms with Gasteiger partial charge in [-0.15, -0.1) is 0 Å². The molecule has 2 heterocycles. The number of amides is 2. The minimum atomic E-state index is -0.677. The second-order valence-corrected chi connectivity index (χ2v) is 7.32. The third kappa shape index (κ3) is 5.07. The number of phenols is 1. The molecule has 0 atom stereocenters. The van der Waals surface area contributed by atoms with Gasteiger partial charge in [-0.3, -0.25) is 19.4 Å². The molecule has 2 amide bonds. The maximum atomic E-state index is 12.4. The Balaban J connectivity index is 1.67. The Hall–Kier alpha value is -3.58. The number of hydrogen-bond donors (Lipinski definition) is 5. The maximum absolute atomic E-state index is 12.4. The van der Waals surface area contributed by atoms with E-state index in [0.717, 1.165) is 11.8 Å². The molecule has 1 aromatic carbocycles. The van der Waals surface area contributed by atoms with Crippen LogP contribution in [0.3, 0.4) is 0 Å². The Labute approximate surface area is 177 Å². The van der Waals surface area contributed by atoms with E-state index >= 15 is 0 Å². The number of methoxy groups -OCH3 is 1. The van der Waals surface area contributed by atoms with E-state index in [9.17, 15) is 19.5 Å². The molecule has 0 aliphatic rings. The van der Waals surface area contributed by atoms with E-state index in [1.165, 1.54) is 36.8 Å². The normalized spacial score (nSPS) is 10.4. The zero-order valence-electron chi connectivity index (χ0n) is 15.5. The van der Waals surface area contributed by atoms with Crippen molar-refractivity contribution in [3.63, 3.8) is 0 Å². The minimum Gasteiger partial charge on any atom is -0.504 e. The number of rotatable bonds is 7. The lowest BCUT2D eigenvalue weighted by atomic mass is 10.2. The van der Waals surface area contributed by atoms with Crippen molar-refractivity contribution in [1.82, 2.24) is 14.3 Å². The third-order valence-corrected chi connectivity index (χ3v) is 5.08. The van der Waals surface area contributed by atoms with Crippen molar-refractivity contribution in [3.05, 3.63) is 45.6 Å². The van der Waals surface area contributed by atoms with Crippen LogP contribution < -0.4 is 26.7 Å². The van der Waals surface area contributed by atoms with Crippen molar-refractivity contribution in [2.45, 2.75) is 5.16 Å².